The molecule has 0 spiro atoms. The van der Waals surface area contributed by atoms with E-state index in [1.807, 2.05) is 18.2 Å². The van der Waals surface area contributed by atoms with E-state index in [1.54, 1.807) is 36.5 Å². The number of hydrogen-bond donors (Lipinski definition) is 1. The predicted molar refractivity (Wildman–Crippen MR) is 87.9 cm³/mol. The van der Waals surface area contributed by atoms with Gasteiger partial charge in [-0.05, 0) is 29.8 Å². The Hall–Kier alpha value is -3.40. The largest absolute Gasteiger partial charge is 0.447 e. The normalized spacial score (nSPS) is 16.2. The average Bonchev–Trinajstić information content (AvgIpc) is 3.02. The van der Waals surface area contributed by atoms with Crippen LogP contribution in [0.5, 0.6) is 0 Å². The first kappa shape index (κ1) is 16.5. The van der Waals surface area contributed by atoms with Crippen LogP contribution in [0.25, 0.3) is 0 Å². The monoisotopic (exact) mass is 336 g/mol. The molecular weight excluding hydrogens is 320 g/mol. The van der Waals surface area contributed by atoms with Crippen molar-refractivity contribution in [2.24, 2.45) is 0 Å². The molecule has 0 saturated carbocycles. The fourth-order valence-corrected chi connectivity index (χ4v) is 2.52. The van der Waals surface area contributed by atoms with E-state index in [4.69, 9.17) is 10.00 Å². The lowest BCUT2D eigenvalue weighted by Crippen LogP contribution is -2.45. The van der Waals surface area contributed by atoms with Gasteiger partial charge in [0.05, 0.1) is 30.4 Å². The smallest absolute Gasteiger partial charge is 0.410 e. The van der Waals surface area contributed by atoms with Crippen LogP contribution in [0.1, 0.15) is 16.8 Å². The highest BCUT2D eigenvalue weighted by Crippen LogP contribution is 2.17. The first-order chi connectivity index (χ1) is 12.2. The summed E-state index contributed by atoms with van der Waals surface area (Å²) in [6, 6.07) is 13.7. The number of rotatable bonds is 5. The van der Waals surface area contributed by atoms with Crippen molar-refractivity contribution < 1.29 is 14.3 Å². The molecule has 0 aliphatic carbocycles. The number of ether oxygens (including phenoxy) is 1. The van der Waals surface area contributed by atoms with Crippen LogP contribution in [0.15, 0.2) is 48.7 Å². The van der Waals surface area contributed by atoms with E-state index >= 15 is 0 Å². The van der Waals surface area contributed by atoms with Gasteiger partial charge in [-0.15, -0.1) is 0 Å². The molecule has 2 amide bonds. The average molecular weight is 336 g/mol. The highest BCUT2D eigenvalue weighted by Gasteiger charge is 2.37. The molecule has 2 heterocycles. The summed E-state index contributed by atoms with van der Waals surface area (Å²) in [5, 5.41) is 11.6. The summed E-state index contributed by atoms with van der Waals surface area (Å²) in [7, 11) is 0. The van der Waals surface area contributed by atoms with Gasteiger partial charge in [0.25, 0.3) is 0 Å². The summed E-state index contributed by atoms with van der Waals surface area (Å²) < 4.78 is 5.03. The molecule has 1 atom stereocenters. The zero-order chi connectivity index (χ0) is 17.6. The van der Waals surface area contributed by atoms with Gasteiger partial charge in [-0.2, -0.15) is 5.26 Å². The van der Waals surface area contributed by atoms with Crippen molar-refractivity contribution in [2.75, 3.05) is 6.61 Å². The van der Waals surface area contributed by atoms with E-state index in [0.29, 0.717) is 5.56 Å². The lowest BCUT2D eigenvalue weighted by molar-refractivity contribution is -0.125. The molecule has 1 N–H and O–H groups in total. The second-order valence-corrected chi connectivity index (χ2v) is 5.57. The molecule has 1 aliphatic rings. The number of amides is 2. The Labute approximate surface area is 144 Å². The Bertz CT molecular complexity index is 799. The van der Waals surface area contributed by atoms with Crippen LogP contribution < -0.4 is 5.32 Å². The van der Waals surface area contributed by atoms with E-state index in [1.165, 1.54) is 4.90 Å². The number of nitrogens with zero attached hydrogens (tertiary/aromatic N) is 3. The number of hydrogen-bond acceptors (Lipinski definition) is 5. The Kier molecular flexibility index (Phi) is 4.90. The molecular formula is C18H16N4O3. The summed E-state index contributed by atoms with van der Waals surface area (Å²) in [5.41, 5.74) is 2.09. The summed E-state index contributed by atoms with van der Waals surface area (Å²) >= 11 is 0. The van der Waals surface area contributed by atoms with Gasteiger partial charge in [0.15, 0.2) is 0 Å². The maximum Gasteiger partial charge on any atom is 0.410 e. The summed E-state index contributed by atoms with van der Waals surface area (Å²) in [4.78, 5) is 29.9. The van der Waals surface area contributed by atoms with Gasteiger partial charge in [-0.3, -0.25) is 14.7 Å². The van der Waals surface area contributed by atoms with Crippen LogP contribution in [0.3, 0.4) is 0 Å². The minimum atomic E-state index is -0.688. The Morgan fingerprint density at radius 2 is 2.12 bits per heavy atom. The standard InChI is InChI=1S/C18H16N4O3/c19-9-13-4-6-14(7-5-13)11-22-16(12-25-18(22)24)17(23)21-10-15-3-1-2-8-20-15/h1-8,16H,10-12H2,(H,21,23)/t16-/m0/s1. The first-order valence-corrected chi connectivity index (χ1v) is 7.77. The third-order valence-electron chi connectivity index (χ3n) is 3.88. The topological polar surface area (TPSA) is 95.3 Å². The lowest BCUT2D eigenvalue weighted by Gasteiger charge is -2.20. The molecule has 0 unspecified atom stereocenters. The van der Waals surface area contributed by atoms with Crippen molar-refractivity contribution in [1.82, 2.24) is 15.2 Å². The van der Waals surface area contributed by atoms with Crippen molar-refractivity contribution in [3.8, 4) is 6.07 Å². The zero-order valence-electron chi connectivity index (χ0n) is 13.4. The third kappa shape index (κ3) is 3.93. The summed E-state index contributed by atoms with van der Waals surface area (Å²) in [6.45, 7) is 0.546. The van der Waals surface area contributed by atoms with Crippen LogP contribution in [-0.2, 0) is 22.6 Å². The highest BCUT2D eigenvalue weighted by molar-refractivity contribution is 5.87. The van der Waals surface area contributed by atoms with E-state index in [0.717, 1.165) is 11.3 Å². The quantitative estimate of drug-likeness (QED) is 0.894. The SMILES string of the molecule is N#Cc1ccc(CN2C(=O)OC[C@H]2C(=O)NCc2ccccn2)cc1. The van der Waals surface area contributed by atoms with Gasteiger partial charge in [0.2, 0.25) is 5.91 Å². The maximum atomic E-state index is 12.4. The van der Waals surface area contributed by atoms with Gasteiger partial charge in [0, 0.05) is 6.20 Å². The van der Waals surface area contributed by atoms with Crippen molar-refractivity contribution in [2.45, 2.75) is 19.1 Å². The molecule has 0 bridgehead atoms. The van der Waals surface area contributed by atoms with Crippen molar-refractivity contribution >= 4 is 12.0 Å². The molecule has 3 rings (SSSR count). The summed E-state index contributed by atoms with van der Waals surface area (Å²) in [6.07, 6.45) is 1.13. The number of nitrogens with one attached hydrogen (secondary N) is 1. The van der Waals surface area contributed by atoms with E-state index in [-0.39, 0.29) is 25.6 Å². The van der Waals surface area contributed by atoms with E-state index in [9.17, 15) is 9.59 Å². The minimum absolute atomic E-state index is 0.0170. The van der Waals surface area contributed by atoms with Crippen molar-refractivity contribution in [1.29, 1.82) is 5.26 Å². The number of carbonyl (C=O) groups excluding carboxylic acids is 2. The molecule has 7 heteroatoms. The number of cyclic esters (lactones) is 1. The fourth-order valence-electron chi connectivity index (χ4n) is 2.52. The van der Waals surface area contributed by atoms with Crippen LogP contribution in [0, 0.1) is 11.3 Å². The number of carbonyl (C=O) groups is 2. The first-order valence-electron chi connectivity index (χ1n) is 7.77. The molecule has 25 heavy (non-hydrogen) atoms. The molecule has 2 aromatic rings. The van der Waals surface area contributed by atoms with Gasteiger partial charge in [-0.25, -0.2) is 4.79 Å². The molecule has 1 saturated heterocycles. The van der Waals surface area contributed by atoms with Gasteiger partial charge in [0.1, 0.15) is 12.6 Å². The fraction of sp³-hybridized carbons (Fsp3) is 0.222. The maximum absolute atomic E-state index is 12.4. The highest BCUT2D eigenvalue weighted by atomic mass is 16.6. The second-order valence-electron chi connectivity index (χ2n) is 5.57. The molecule has 1 aromatic carbocycles. The molecule has 0 radical (unpaired) electrons. The molecule has 7 nitrogen and oxygen atoms in total. The molecule has 1 fully saturated rings. The minimum Gasteiger partial charge on any atom is -0.447 e. The molecule has 1 aromatic heterocycles. The Morgan fingerprint density at radius 3 is 2.80 bits per heavy atom. The predicted octanol–water partition coefficient (Wildman–Crippen LogP) is 1.59. The molecule has 1 aliphatic heterocycles. The molecule has 126 valence electrons. The van der Waals surface area contributed by atoms with Crippen molar-refractivity contribution in [3.63, 3.8) is 0 Å². The van der Waals surface area contributed by atoms with E-state index in [2.05, 4.69) is 10.3 Å². The lowest BCUT2D eigenvalue weighted by atomic mass is 10.1. The summed E-state index contributed by atoms with van der Waals surface area (Å²) in [5.74, 6) is -0.287. The Morgan fingerprint density at radius 1 is 1.32 bits per heavy atom. The zero-order valence-corrected chi connectivity index (χ0v) is 13.4. The third-order valence-corrected chi connectivity index (χ3v) is 3.88. The number of nitriles is 1. The van der Waals surface area contributed by atoms with Gasteiger partial charge < -0.3 is 10.1 Å². The second kappa shape index (κ2) is 7.45. The Balaban J connectivity index is 1.64. The van der Waals surface area contributed by atoms with Gasteiger partial charge in [-0.1, -0.05) is 18.2 Å². The van der Waals surface area contributed by atoms with Crippen molar-refractivity contribution in [3.05, 3.63) is 65.5 Å². The van der Waals surface area contributed by atoms with Gasteiger partial charge >= 0.3 is 6.09 Å². The van der Waals surface area contributed by atoms with Crippen LogP contribution in [0.4, 0.5) is 4.79 Å². The van der Waals surface area contributed by atoms with Crippen LogP contribution in [0.2, 0.25) is 0 Å². The van der Waals surface area contributed by atoms with Crippen LogP contribution >= 0.6 is 0 Å². The number of aromatic nitrogens is 1. The number of benzene rings is 1. The van der Waals surface area contributed by atoms with Crippen LogP contribution in [-0.4, -0.2) is 34.5 Å². The number of pyridine rings is 1. The van der Waals surface area contributed by atoms with E-state index < -0.39 is 12.1 Å².